The highest BCUT2D eigenvalue weighted by molar-refractivity contribution is 5.73. The molecule has 19 nitrogen and oxygen atoms in total. The van der Waals surface area contributed by atoms with Crippen LogP contribution in [0.1, 0.15) is 39.5 Å². The van der Waals surface area contributed by atoms with Crippen LogP contribution in [0.4, 0.5) is 0 Å². The molecule has 3 fully saturated rings. The molecule has 3 heterocycles. The molecule has 17 unspecified atom stereocenters. The van der Waals surface area contributed by atoms with Gasteiger partial charge in [0.05, 0.1) is 38.6 Å². The molecule has 3 aliphatic heterocycles. The molecule has 17 atom stereocenters. The van der Waals surface area contributed by atoms with Gasteiger partial charge >= 0.3 is 0 Å². The number of amides is 1. The van der Waals surface area contributed by atoms with Gasteiger partial charge in [-0.3, -0.25) is 4.79 Å². The molecule has 12 N–H and O–H groups in total. The van der Waals surface area contributed by atoms with Crippen LogP contribution in [0.2, 0.25) is 0 Å². The van der Waals surface area contributed by atoms with E-state index < -0.39 is 130 Å². The first-order valence-electron chi connectivity index (χ1n) is 17.0. The van der Waals surface area contributed by atoms with Gasteiger partial charge in [-0.15, -0.1) is 0 Å². The van der Waals surface area contributed by atoms with Crippen molar-refractivity contribution in [1.29, 1.82) is 0 Å². The van der Waals surface area contributed by atoms with Gasteiger partial charge in [0.1, 0.15) is 73.2 Å². The van der Waals surface area contributed by atoms with Crippen molar-refractivity contribution in [2.45, 2.75) is 144 Å². The number of carbonyl (C=O) groups is 1. The molecule has 3 rings (SSSR count). The number of hydrogen-bond acceptors (Lipinski definition) is 18. The second kappa shape index (κ2) is 21.2. The summed E-state index contributed by atoms with van der Waals surface area (Å²) in [6.07, 6.45) is -16.0. The number of carbonyl (C=O) groups excluding carboxylic acids is 1. The Morgan fingerprint density at radius 1 is 0.667 bits per heavy atom. The Labute approximate surface area is 295 Å². The van der Waals surface area contributed by atoms with E-state index in [0.717, 1.165) is 19.3 Å². The number of nitrogens with one attached hydrogen (secondary N) is 1. The summed E-state index contributed by atoms with van der Waals surface area (Å²) in [6, 6.07) is -0.982. The minimum Gasteiger partial charge on any atom is -0.394 e. The number of aliphatic hydroxyl groups excluding tert-OH is 11. The van der Waals surface area contributed by atoms with E-state index in [-0.39, 0.29) is 6.61 Å². The smallest absolute Gasteiger partial charge is 0.217 e. The van der Waals surface area contributed by atoms with E-state index in [2.05, 4.69) is 18.3 Å². The summed E-state index contributed by atoms with van der Waals surface area (Å²) in [6.45, 7) is 0.501. The van der Waals surface area contributed by atoms with E-state index in [1.807, 2.05) is 6.08 Å². The van der Waals surface area contributed by atoms with E-state index >= 15 is 0 Å². The zero-order chi connectivity index (χ0) is 37.8. The normalized spacial score (nSPS) is 40.5. The van der Waals surface area contributed by atoms with Crippen LogP contribution in [0, 0.1) is 0 Å². The third-order valence-electron chi connectivity index (χ3n) is 8.77. The number of aliphatic hydroxyl groups is 11. The SMILES string of the molecule is CCC/C=C/CC/C=C/C(O)C(COC1OC(CO)C(OC2OC(CO)C(OC3OC(CO)C(O)C(O)C3O)C(O)C2O)C(O)C1O)NC(C)=O. The molecule has 296 valence electrons. The molecular weight excluding hydrogens is 686 g/mol. The fourth-order valence-electron chi connectivity index (χ4n) is 5.83. The summed E-state index contributed by atoms with van der Waals surface area (Å²) in [5, 5.41) is 117. The highest BCUT2D eigenvalue weighted by Gasteiger charge is 2.53. The maximum Gasteiger partial charge on any atom is 0.217 e. The van der Waals surface area contributed by atoms with E-state index in [1.165, 1.54) is 13.0 Å². The van der Waals surface area contributed by atoms with Crippen LogP contribution in [-0.2, 0) is 33.2 Å². The molecular formula is C32H55NO18. The molecule has 0 saturated carbocycles. The third-order valence-corrected chi connectivity index (χ3v) is 8.77. The van der Waals surface area contributed by atoms with E-state index in [1.54, 1.807) is 6.08 Å². The number of unbranched alkanes of at least 4 members (excludes halogenated alkanes) is 2. The first-order chi connectivity index (χ1) is 24.3. The van der Waals surface area contributed by atoms with Crippen LogP contribution >= 0.6 is 0 Å². The monoisotopic (exact) mass is 741 g/mol. The average molecular weight is 742 g/mol. The Morgan fingerprint density at radius 3 is 1.67 bits per heavy atom. The number of rotatable bonds is 18. The first kappa shape index (κ1) is 43.7. The number of ether oxygens (including phenoxy) is 6. The highest BCUT2D eigenvalue weighted by Crippen LogP contribution is 2.32. The zero-order valence-electron chi connectivity index (χ0n) is 28.6. The topological polar surface area (TPSA) is 307 Å². The minimum atomic E-state index is -1.97. The van der Waals surface area contributed by atoms with Crippen molar-refractivity contribution in [2.24, 2.45) is 0 Å². The maximum absolute atomic E-state index is 11.8. The highest BCUT2D eigenvalue weighted by atomic mass is 16.8. The predicted octanol–water partition coefficient (Wildman–Crippen LogP) is -4.99. The minimum absolute atomic E-state index is 0.385. The summed E-state index contributed by atoms with van der Waals surface area (Å²) >= 11 is 0. The summed E-state index contributed by atoms with van der Waals surface area (Å²) in [4.78, 5) is 11.8. The molecule has 51 heavy (non-hydrogen) atoms. The molecule has 3 saturated heterocycles. The standard InChI is InChI=1S/C32H55NO18/c1-3-4-5-6-7-8-9-10-17(38)16(33-15(2)37)14-46-30-26(44)23(41)28(19(12-35)48-30)51-32-27(45)24(42)29(20(13-36)49-32)50-31-25(43)22(40)21(39)18(11-34)47-31/h5-6,9-10,16-32,34-36,38-45H,3-4,7-8,11-14H2,1-2H3,(H,33,37)/b6-5+,10-9+. The Bertz CT molecular complexity index is 1080. The van der Waals surface area contributed by atoms with Gasteiger partial charge in [0.15, 0.2) is 18.9 Å². The molecule has 0 aromatic carbocycles. The van der Waals surface area contributed by atoms with Crippen LogP contribution < -0.4 is 5.32 Å². The van der Waals surface area contributed by atoms with Crippen molar-refractivity contribution in [3.05, 3.63) is 24.3 Å². The van der Waals surface area contributed by atoms with Gasteiger partial charge < -0.3 is 89.9 Å². The lowest BCUT2D eigenvalue weighted by Gasteiger charge is -2.48. The summed E-state index contributed by atoms with van der Waals surface area (Å²) < 4.78 is 33.3. The lowest BCUT2D eigenvalue weighted by Crippen LogP contribution is -2.66. The maximum atomic E-state index is 11.8. The van der Waals surface area contributed by atoms with E-state index in [4.69, 9.17) is 28.4 Å². The fraction of sp³-hybridized carbons (Fsp3) is 0.844. The van der Waals surface area contributed by atoms with Crippen LogP contribution in [0.15, 0.2) is 24.3 Å². The summed E-state index contributed by atoms with van der Waals surface area (Å²) in [5.74, 6) is -0.472. The summed E-state index contributed by atoms with van der Waals surface area (Å²) in [5.41, 5.74) is 0. The molecule has 0 aliphatic carbocycles. The lowest BCUT2D eigenvalue weighted by molar-refractivity contribution is -0.379. The molecule has 0 radical (unpaired) electrons. The van der Waals surface area contributed by atoms with Gasteiger partial charge in [0.2, 0.25) is 5.91 Å². The zero-order valence-corrected chi connectivity index (χ0v) is 28.6. The largest absolute Gasteiger partial charge is 0.394 e. The van der Waals surface area contributed by atoms with Gasteiger partial charge in [0, 0.05) is 6.92 Å². The van der Waals surface area contributed by atoms with Crippen molar-refractivity contribution in [3.63, 3.8) is 0 Å². The van der Waals surface area contributed by atoms with Gasteiger partial charge in [-0.25, -0.2) is 0 Å². The summed E-state index contributed by atoms with van der Waals surface area (Å²) in [7, 11) is 0. The van der Waals surface area contributed by atoms with Crippen LogP contribution in [0.3, 0.4) is 0 Å². The number of hydrogen-bond donors (Lipinski definition) is 12. The first-order valence-corrected chi connectivity index (χ1v) is 17.0. The van der Waals surface area contributed by atoms with Gasteiger partial charge in [0.25, 0.3) is 0 Å². The fourth-order valence-corrected chi connectivity index (χ4v) is 5.83. The Hall–Kier alpha value is -1.73. The second-order valence-electron chi connectivity index (χ2n) is 12.7. The lowest BCUT2D eigenvalue weighted by atomic mass is 9.96. The molecule has 0 aromatic rings. The van der Waals surface area contributed by atoms with Crippen molar-refractivity contribution in [3.8, 4) is 0 Å². The van der Waals surface area contributed by atoms with Crippen molar-refractivity contribution in [2.75, 3.05) is 26.4 Å². The van der Waals surface area contributed by atoms with Crippen molar-refractivity contribution >= 4 is 5.91 Å². The third kappa shape index (κ3) is 11.6. The van der Waals surface area contributed by atoms with Crippen LogP contribution in [0.5, 0.6) is 0 Å². The van der Waals surface area contributed by atoms with Gasteiger partial charge in [-0.2, -0.15) is 0 Å². The van der Waals surface area contributed by atoms with Crippen molar-refractivity contribution < 1.29 is 89.4 Å². The predicted molar refractivity (Wildman–Crippen MR) is 171 cm³/mol. The molecule has 0 spiro atoms. The number of allylic oxidation sites excluding steroid dienone is 3. The van der Waals surface area contributed by atoms with Gasteiger partial charge in [-0.1, -0.05) is 37.6 Å². The van der Waals surface area contributed by atoms with Crippen molar-refractivity contribution in [1.82, 2.24) is 5.32 Å². The van der Waals surface area contributed by atoms with E-state index in [0.29, 0.717) is 6.42 Å². The van der Waals surface area contributed by atoms with E-state index in [9.17, 15) is 61.0 Å². The van der Waals surface area contributed by atoms with Crippen LogP contribution in [0.25, 0.3) is 0 Å². The Balaban J connectivity index is 1.63. The molecule has 1 amide bonds. The van der Waals surface area contributed by atoms with Gasteiger partial charge in [-0.05, 0) is 19.3 Å². The van der Waals surface area contributed by atoms with Crippen LogP contribution in [-0.4, -0.2) is 193 Å². The molecule has 0 aromatic heterocycles. The quantitative estimate of drug-likeness (QED) is 0.0462. The molecule has 0 bridgehead atoms. The Kier molecular flexibility index (Phi) is 18.2. The second-order valence-corrected chi connectivity index (χ2v) is 12.7. The molecule has 3 aliphatic rings. The Morgan fingerprint density at radius 2 is 1.14 bits per heavy atom. The average Bonchev–Trinajstić information content (AvgIpc) is 3.11. The molecule has 19 heteroatoms.